The highest BCUT2D eigenvalue weighted by molar-refractivity contribution is 6.04. The summed E-state index contributed by atoms with van der Waals surface area (Å²) in [5.41, 5.74) is 2.52. The number of carbonyl (C=O) groups is 2. The minimum Gasteiger partial charge on any atom is -0.486 e. The normalized spacial score (nSPS) is 13.9. The van der Waals surface area contributed by atoms with Crippen LogP contribution in [-0.2, 0) is 11.3 Å². The Balaban J connectivity index is 1.19. The molecular formula is C26H30N4O5. The molecule has 0 saturated carbocycles. The van der Waals surface area contributed by atoms with Gasteiger partial charge in [-0.05, 0) is 56.3 Å². The molecule has 1 saturated heterocycles. The highest BCUT2D eigenvalue weighted by atomic mass is 16.5. The van der Waals surface area contributed by atoms with E-state index in [1.807, 2.05) is 25.1 Å². The van der Waals surface area contributed by atoms with Gasteiger partial charge in [-0.2, -0.15) is 0 Å². The highest BCUT2D eigenvalue weighted by Gasteiger charge is 2.14. The van der Waals surface area contributed by atoms with Gasteiger partial charge in [0.25, 0.3) is 11.8 Å². The van der Waals surface area contributed by atoms with Crippen molar-refractivity contribution in [1.29, 1.82) is 0 Å². The summed E-state index contributed by atoms with van der Waals surface area (Å²) in [5.74, 6) is 0.607. The second-order valence-electron chi connectivity index (χ2n) is 8.38. The van der Waals surface area contributed by atoms with Gasteiger partial charge in [-0.25, -0.2) is 0 Å². The monoisotopic (exact) mass is 478 g/mol. The smallest absolute Gasteiger partial charge is 0.273 e. The highest BCUT2D eigenvalue weighted by Crippen LogP contribution is 2.18. The van der Waals surface area contributed by atoms with Crippen molar-refractivity contribution >= 4 is 17.5 Å². The average molecular weight is 479 g/mol. The van der Waals surface area contributed by atoms with Gasteiger partial charge in [-0.1, -0.05) is 22.9 Å². The van der Waals surface area contributed by atoms with Crippen molar-refractivity contribution in [2.24, 2.45) is 0 Å². The van der Waals surface area contributed by atoms with Crippen LogP contribution in [0.25, 0.3) is 0 Å². The summed E-state index contributed by atoms with van der Waals surface area (Å²) in [7, 11) is 0. The van der Waals surface area contributed by atoms with E-state index in [2.05, 4.69) is 20.7 Å². The van der Waals surface area contributed by atoms with Crippen LogP contribution in [0, 0.1) is 6.92 Å². The number of hydrogen-bond donors (Lipinski definition) is 2. The number of benzene rings is 2. The number of morpholine rings is 1. The number of carbonyl (C=O) groups excluding carboxylic acids is 2. The third-order valence-electron chi connectivity index (χ3n) is 5.61. The van der Waals surface area contributed by atoms with E-state index in [1.54, 1.807) is 36.4 Å². The predicted molar refractivity (Wildman–Crippen MR) is 131 cm³/mol. The molecule has 1 aliphatic heterocycles. The third kappa shape index (κ3) is 7.40. The maximum atomic E-state index is 12.4. The van der Waals surface area contributed by atoms with Gasteiger partial charge in [0.15, 0.2) is 11.5 Å². The molecule has 0 atom stereocenters. The summed E-state index contributed by atoms with van der Waals surface area (Å²) >= 11 is 0. The summed E-state index contributed by atoms with van der Waals surface area (Å²) < 4.78 is 16.3. The number of ether oxygens (including phenoxy) is 2. The summed E-state index contributed by atoms with van der Waals surface area (Å²) in [5, 5.41) is 9.57. The van der Waals surface area contributed by atoms with Crippen LogP contribution >= 0.6 is 0 Å². The molecule has 9 nitrogen and oxygen atoms in total. The lowest BCUT2D eigenvalue weighted by atomic mass is 10.1. The summed E-state index contributed by atoms with van der Waals surface area (Å²) in [6, 6.07) is 16.0. The number of amides is 2. The molecule has 9 heteroatoms. The van der Waals surface area contributed by atoms with Crippen LogP contribution in [0.1, 0.15) is 38.6 Å². The Hall–Kier alpha value is -3.69. The van der Waals surface area contributed by atoms with E-state index in [1.165, 1.54) is 0 Å². The van der Waals surface area contributed by atoms with Gasteiger partial charge in [0, 0.05) is 37.0 Å². The maximum Gasteiger partial charge on any atom is 0.273 e. The number of hydrogen-bond acceptors (Lipinski definition) is 7. The van der Waals surface area contributed by atoms with Crippen LogP contribution in [-0.4, -0.2) is 61.3 Å². The van der Waals surface area contributed by atoms with E-state index in [0.29, 0.717) is 29.3 Å². The molecule has 2 heterocycles. The molecule has 3 aromatic rings. The first-order valence-electron chi connectivity index (χ1n) is 11.7. The standard InChI is InChI=1S/C26H30N4O5/c1-19-4-2-5-20(16-19)25(31)28-21-6-8-22(9-7-21)34-18-23-17-24(29-35-23)26(32)27-10-3-11-30-12-14-33-15-13-30/h2,4-9,16-17H,3,10-15,18H2,1H3,(H,27,32)(H,28,31). The van der Waals surface area contributed by atoms with E-state index >= 15 is 0 Å². The van der Waals surface area contributed by atoms with Gasteiger partial charge >= 0.3 is 0 Å². The molecule has 1 fully saturated rings. The molecular weight excluding hydrogens is 448 g/mol. The van der Waals surface area contributed by atoms with Gasteiger partial charge in [0.2, 0.25) is 0 Å². The SMILES string of the molecule is Cc1cccc(C(=O)Nc2ccc(OCc3cc(C(=O)NCCCN4CCOCC4)no3)cc2)c1. The van der Waals surface area contributed by atoms with E-state index < -0.39 is 0 Å². The Bertz CT molecular complexity index is 1120. The first-order valence-corrected chi connectivity index (χ1v) is 11.7. The van der Waals surface area contributed by atoms with Crippen molar-refractivity contribution in [3.05, 3.63) is 77.2 Å². The maximum absolute atomic E-state index is 12.4. The third-order valence-corrected chi connectivity index (χ3v) is 5.61. The number of nitrogens with zero attached hydrogens (tertiary/aromatic N) is 2. The number of aromatic nitrogens is 1. The van der Waals surface area contributed by atoms with Gasteiger partial charge < -0.3 is 24.6 Å². The first-order chi connectivity index (χ1) is 17.1. The molecule has 0 unspecified atom stereocenters. The molecule has 2 amide bonds. The lowest BCUT2D eigenvalue weighted by molar-refractivity contribution is 0.0374. The lowest BCUT2D eigenvalue weighted by Crippen LogP contribution is -2.38. The van der Waals surface area contributed by atoms with Gasteiger partial charge in [0.1, 0.15) is 12.4 Å². The number of aryl methyl sites for hydroxylation is 1. The molecule has 1 aliphatic rings. The van der Waals surface area contributed by atoms with E-state index in [-0.39, 0.29) is 24.1 Å². The minimum absolute atomic E-state index is 0.131. The van der Waals surface area contributed by atoms with Crippen molar-refractivity contribution in [2.75, 3.05) is 44.7 Å². The summed E-state index contributed by atoms with van der Waals surface area (Å²) in [6.07, 6.45) is 0.862. The van der Waals surface area contributed by atoms with Crippen LogP contribution in [0.3, 0.4) is 0 Å². The van der Waals surface area contributed by atoms with Crippen molar-refractivity contribution in [3.8, 4) is 5.75 Å². The molecule has 35 heavy (non-hydrogen) atoms. The van der Waals surface area contributed by atoms with Gasteiger partial charge in [-0.15, -0.1) is 0 Å². The Morgan fingerprint density at radius 2 is 1.86 bits per heavy atom. The van der Waals surface area contributed by atoms with Crippen molar-refractivity contribution in [1.82, 2.24) is 15.4 Å². The second-order valence-corrected chi connectivity index (χ2v) is 8.38. The molecule has 0 spiro atoms. The summed E-state index contributed by atoms with van der Waals surface area (Å²) in [4.78, 5) is 27.0. The number of nitrogens with one attached hydrogen (secondary N) is 2. The largest absolute Gasteiger partial charge is 0.486 e. The zero-order valence-electron chi connectivity index (χ0n) is 19.8. The van der Waals surface area contributed by atoms with Gasteiger partial charge in [-0.3, -0.25) is 14.5 Å². The van der Waals surface area contributed by atoms with E-state index in [0.717, 1.165) is 44.8 Å². The van der Waals surface area contributed by atoms with E-state index in [4.69, 9.17) is 14.0 Å². The molecule has 4 rings (SSSR count). The Labute approximate surface area is 204 Å². The summed E-state index contributed by atoms with van der Waals surface area (Å²) in [6.45, 7) is 6.98. The van der Waals surface area contributed by atoms with Crippen LogP contribution < -0.4 is 15.4 Å². The molecule has 2 aromatic carbocycles. The first kappa shape index (κ1) is 24.4. The van der Waals surface area contributed by atoms with Crippen molar-refractivity contribution in [2.45, 2.75) is 20.0 Å². The fourth-order valence-corrected chi connectivity index (χ4v) is 3.69. The lowest BCUT2D eigenvalue weighted by Gasteiger charge is -2.26. The van der Waals surface area contributed by atoms with Crippen molar-refractivity contribution < 1.29 is 23.6 Å². The fourth-order valence-electron chi connectivity index (χ4n) is 3.69. The Morgan fingerprint density at radius 3 is 2.63 bits per heavy atom. The molecule has 0 radical (unpaired) electrons. The Kier molecular flexibility index (Phi) is 8.48. The van der Waals surface area contributed by atoms with Crippen LogP contribution in [0.15, 0.2) is 59.1 Å². The van der Waals surface area contributed by atoms with Crippen LogP contribution in [0.4, 0.5) is 5.69 Å². The van der Waals surface area contributed by atoms with Crippen molar-refractivity contribution in [3.63, 3.8) is 0 Å². The topological polar surface area (TPSA) is 106 Å². The molecule has 1 aromatic heterocycles. The van der Waals surface area contributed by atoms with E-state index in [9.17, 15) is 9.59 Å². The zero-order valence-corrected chi connectivity index (χ0v) is 19.8. The molecule has 2 N–H and O–H groups in total. The minimum atomic E-state index is -0.268. The quantitative estimate of drug-likeness (QED) is 0.431. The van der Waals surface area contributed by atoms with Gasteiger partial charge in [0.05, 0.1) is 13.2 Å². The second kappa shape index (κ2) is 12.1. The molecule has 184 valence electrons. The number of anilines is 1. The molecule has 0 bridgehead atoms. The average Bonchev–Trinajstić information content (AvgIpc) is 3.36. The number of rotatable bonds is 10. The zero-order chi connectivity index (χ0) is 24.5. The van der Waals surface area contributed by atoms with Crippen LogP contribution in [0.2, 0.25) is 0 Å². The Morgan fingerprint density at radius 1 is 1.06 bits per heavy atom. The van der Waals surface area contributed by atoms with Crippen LogP contribution in [0.5, 0.6) is 5.75 Å². The predicted octanol–water partition coefficient (Wildman–Crippen LogP) is 3.27. The molecule has 0 aliphatic carbocycles. The fraction of sp³-hybridized carbons (Fsp3) is 0.346.